The van der Waals surface area contributed by atoms with Gasteiger partial charge in [-0.3, -0.25) is 9.59 Å². The number of nitrogens with zero attached hydrogens (tertiary/aromatic N) is 1. The molecule has 0 aliphatic rings. The first-order chi connectivity index (χ1) is 12.3. The SMILES string of the molecule is CCCN(CC(=O)Nc1cc(Cl)ccc1Cl)C(=O)c1ccc(F)c(F)c1. The third-order valence-corrected chi connectivity index (χ3v) is 4.05. The Bertz CT molecular complexity index is 831. The number of benzene rings is 2. The van der Waals surface area contributed by atoms with Crippen molar-refractivity contribution in [3.63, 3.8) is 0 Å². The molecule has 0 heterocycles. The smallest absolute Gasteiger partial charge is 0.254 e. The average Bonchev–Trinajstić information content (AvgIpc) is 2.59. The van der Waals surface area contributed by atoms with E-state index in [4.69, 9.17) is 23.2 Å². The highest BCUT2D eigenvalue weighted by molar-refractivity contribution is 6.35. The van der Waals surface area contributed by atoms with Crippen LogP contribution in [0.3, 0.4) is 0 Å². The molecule has 8 heteroatoms. The fourth-order valence-electron chi connectivity index (χ4n) is 2.29. The molecule has 0 unspecified atom stereocenters. The van der Waals surface area contributed by atoms with E-state index in [0.29, 0.717) is 22.2 Å². The molecule has 0 radical (unpaired) electrons. The molecule has 2 aromatic carbocycles. The van der Waals surface area contributed by atoms with E-state index in [0.717, 1.165) is 12.1 Å². The van der Waals surface area contributed by atoms with E-state index in [2.05, 4.69) is 5.32 Å². The average molecular weight is 401 g/mol. The van der Waals surface area contributed by atoms with Gasteiger partial charge in [0.05, 0.1) is 10.7 Å². The lowest BCUT2D eigenvalue weighted by atomic mass is 10.1. The van der Waals surface area contributed by atoms with Crippen molar-refractivity contribution in [1.82, 2.24) is 4.90 Å². The van der Waals surface area contributed by atoms with Crippen molar-refractivity contribution in [2.45, 2.75) is 13.3 Å². The van der Waals surface area contributed by atoms with Gasteiger partial charge in [0.1, 0.15) is 6.54 Å². The first-order valence-electron chi connectivity index (χ1n) is 7.81. The van der Waals surface area contributed by atoms with E-state index in [1.54, 1.807) is 6.07 Å². The van der Waals surface area contributed by atoms with Gasteiger partial charge in [0.2, 0.25) is 5.91 Å². The summed E-state index contributed by atoms with van der Waals surface area (Å²) in [5.74, 6) is -3.23. The fourth-order valence-corrected chi connectivity index (χ4v) is 2.63. The molecule has 0 aliphatic carbocycles. The van der Waals surface area contributed by atoms with Gasteiger partial charge in [0, 0.05) is 17.1 Å². The van der Waals surface area contributed by atoms with Crippen LogP contribution in [0.2, 0.25) is 10.0 Å². The second-order valence-electron chi connectivity index (χ2n) is 5.53. The van der Waals surface area contributed by atoms with Gasteiger partial charge in [-0.15, -0.1) is 0 Å². The van der Waals surface area contributed by atoms with Crippen molar-refractivity contribution in [3.05, 3.63) is 63.6 Å². The molecule has 0 saturated carbocycles. The summed E-state index contributed by atoms with van der Waals surface area (Å²) in [6.07, 6.45) is 0.584. The van der Waals surface area contributed by atoms with Crippen molar-refractivity contribution in [1.29, 1.82) is 0 Å². The molecule has 0 atom stereocenters. The third-order valence-electron chi connectivity index (χ3n) is 3.48. The highest BCUT2D eigenvalue weighted by Crippen LogP contribution is 2.25. The Kier molecular flexibility index (Phi) is 6.94. The van der Waals surface area contributed by atoms with Crippen LogP contribution in [0.5, 0.6) is 0 Å². The first kappa shape index (κ1) is 20.1. The van der Waals surface area contributed by atoms with E-state index in [-0.39, 0.29) is 18.7 Å². The number of amides is 2. The number of rotatable bonds is 6. The van der Waals surface area contributed by atoms with Crippen LogP contribution in [-0.2, 0) is 4.79 Å². The Balaban J connectivity index is 2.13. The number of nitrogens with one attached hydrogen (secondary N) is 1. The quantitative estimate of drug-likeness (QED) is 0.759. The molecule has 1 N–H and O–H groups in total. The molecule has 2 amide bonds. The molecule has 4 nitrogen and oxygen atoms in total. The lowest BCUT2D eigenvalue weighted by Gasteiger charge is -2.22. The summed E-state index contributed by atoms with van der Waals surface area (Å²) in [4.78, 5) is 26.0. The number of carbonyl (C=O) groups excluding carboxylic acids is 2. The second kappa shape index (κ2) is 8.96. The van der Waals surface area contributed by atoms with Crippen molar-refractivity contribution in [2.75, 3.05) is 18.4 Å². The monoisotopic (exact) mass is 400 g/mol. The van der Waals surface area contributed by atoms with E-state index >= 15 is 0 Å². The first-order valence-corrected chi connectivity index (χ1v) is 8.56. The molecular weight excluding hydrogens is 385 g/mol. The summed E-state index contributed by atoms with van der Waals surface area (Å²) < 4.78 is 26.4. The number of hydrogen-bond donors (Lipinski definition) is 1. The Labute approximate surface area is 159 Å². The zero-order valence-corrected chi connectivity index (χ0v) is 15.4. The summed E-state index contributed by atoms with van der Waals surface area (Å²) in [5.41, 5.74) is 0.284. The molecule has 138 valence electrons. The largest absolute Gasteiger partial charge is 0.329 e. The van der Waals surface area contributed by atoms with Crippen LogP contribution in [0.25, 0.3) is 0 Å². The number of halogens is 4. The zero-order chi connectivity index (χ0) is 19.3. The maximum atomic E-state index is 13.4. The van der Waals surface area contributed by atoms with Crippen molar-refractivity contribution < 1.29 is 18.4 Å². The Morgan fingerprint density at radius 1 is 1.08 bits per heavy atom. The number of carbonyl (C=O) groups is 2. The molecule has 0 aliphatic heterocycles. The van der Waals surface area contributed by atoms with E-state index in [1.807, 2.05) is 6.92 Å². The predicted molar refractivity (Wildman–Crippen MR) is 97.6 cm³/mol. The highest BCUT2D eigenvalue weighted by atomic mass is 35.5. The van der Waals surface area contributed by atoms with Gasteiger partial charge < -0.3 is 10.2 Å². The van der Waals surface area contributed by atoms with Crippen LogP contribution in [-0.4, -0.2) is 29.8 Å². The molecular formula is C18H16Cl2F2N2O2. The molecule has 26 heavy (non-hydrogen) atoms. The van der Waals surface area contributed by atoms with Gasteiger partial charge in [0.25, 0.3) is 5.91 Å². The molecule has 0 bridgehead atoms. The van der Waals surface area contributed by atoms with Crippen molar-refractivity contribution in [2.24, 2.45) is 0 Å². The Morgan fingerprint density at radius 2 is 1.81 bits per heavy atom. The summed E-state index contributed by atoms with van der Waals surface area (Å²) in [5, 5.41) is 3.28. The minimum absolute atomic E-state index is 0.0362. The summed E-state index contributed by atoms with van der Waals surface area (Å²) in [6, 6.07) is 7.47. The number of anilines is 1. The van der Waals surface area contributed by atoms with Crippen LogP contribution in [0, 0.1) is 11.6 Å². The molecule has 2 rings (SSSR count). The van der Waals surface area contributed by atoms with Crippen molar-refractivity contribution >= 4 is 40.7 Å². The summed E-state index contributed by atoms with van der Waals surface area (Å²) in [6.45, 7) is 1.83. The Morgan fingerprint density at radius 3 is 2.46 bits per heavy atom. The van der Waals surface area contributed by atoms with Crippen LogP contribution in [0.4, 0.5) is 14.5 Å². The van der Waals surface area contributed by atoms with Crippen LogP contribution < -0.4 is 5.32 Å². The van der Waals surface area contributed by atoms with Gasteiger partial charge in [-0.25, -0.2) is 8.78 Å². The lowest BCUT2D eigenvalue weighted by Crippen LogP contribution is -2.38. The third kappa shape index (κ3) is 5.16. The van der Waals surface area contributed by atoms with Crippen LogP contribution in [0.1, 0.15) is 23.7 Å². The number of hydrogen-bond acceptors (Lipinski definition) is 2. The second-order valence-corrected chi connectivity index (χ2v) is 6.37. The van der Waals surface area contributed by atoms with E-state index in [9.17, 15) is 18.4 Å². The van der Waals surface area contributed by atoms with Gasteiger partial charge in [-0.1, -0.05) is 30.1 Å². The fraction of sp³-hybridized carbons (Fsp3) is 0.222. The maximum Gasteiger partial charge on any atom is 0.254 e. The lowest BCUT2D eigenvalue weighted by molar-refractivity contribution is -0.116. The molecule has 0 fully saturated rings. The maximum absolute atomic E-state index is 13.4. The van der Waals surface area contributed by atoms with Crippen LogP contribution >= 0.6 is 23.2 Å². The van der Waals surface area contributed by atoms with Gasteiger partial charge in [-0.05, 0) is 42.8 Å². The topological polar surface area (TPSA) is 49.4 Å². The normalized spacial score (nSPS) is 10.5. The molecule has 0 aromatic heterocycles. The molecule has 2 aromatic rings. The van der Waals surface area contributed by atoms with Gasteiger partial charge in [-0.2, -0.15) is 0 Å². The van der Waals surface area contributed by atoms with E-state index < -0.39 is 23.4 Å². The predicted octanol–water partition coefficient (Wildman–Crippen LogP) is 4.76. The zero-order valence-electron chi connectivity index (χ0n) is 13.9. The minimum Gasteiger partial charge on any atom is -0.329 e. The highest BCUT2D eigenvalue weighted by Gasteiger charge is 2.20. The molecule has 0 spiro atoms. The van der Waals surface area contributed by atoms with Crippen LogP contribution in [0.15, 0.2) is 36.4 Å². The molecule has 0 saturated heterocycles. The standard InChI is InChI=1S/C18H16Cl2F2N2O2/c1-2-7-24(18(26)11-3-6-14(21)15(22)8-11)10-17(25)23-16-9-12(19)4-5-13(16)20/h3-6,8-9H,2,7,10H2,1H3,(H,23,25). The minimum atomic E-state index is -1.12. The van der Waals surface area contributed by atoms with Gasteiger partial charge in [0.15, 0.2) is 11.6 Å². The summed E-state index contributed by atoms with van der Waals surface area (Å²) >= 11 is 11.9. The van der Waals surface area contributed by atoms with Crippen molar-refractivity contribution in [3.8, 4) is 0 Å². The van der Waals surface area contributed by atoms with Gasteiger partial charge >= 0.3 is 0 Å². The van der Waals surface area contributed by atoms with E-state index in [1.165, 1.54) is 23.1 Å². The summed E-state index contributed by atoms with van der Waals surface area (Å²) in [7, 11) is 0. The Hall–Kier alpha value is -2.18.